The van der Waals surface area contributed by atoms with E-state index in [9.17, 15) is 41.0 Å². The Kier molecular flexibility index (Phi) is 10.8. The Morgan fingerprint density at radius 1 is 0.886 bits per heavy atom. The number of benzene rings is 3. The fraction of sp³-hybridized carbons (Fsp3) is 0.258. The van der Waals surface area contributed by atoms with Crippen molar-refractivity contribution < 1.29 is 45.8 Å². The molecule has 0 spiro atoms. The summed E-state index contributed by atoms with van der Waals surface area (Å²) < 4.78 is 78.1. The number of aromatic nitrogens is 1. The second-order valence-corrected chi connectivity index (χ2v) is 9.79. The summed E-state index contributed by atoms with van der Waals surface area (Å²) in [4.78, 5) is 30.8. The van der Waals surface area contributed by atoms with Crippen LogP contribution in [0.5, 0.6) is 0 Å². The molecule has 5 rings (SSSR count). The maximum Gasteiger partial charge on any atom is 0.379 e. The molecule has 4 aromatic rings. The Morgan fingerprint density at radius 2 is 1.50 bits per heavy atom. The van der Waals surface area contributed by atoms with Gasteiger partial charge in [-0.05, 0) is 23.3 Å². The minimum absolute atomic E-state index is 0.123. The molecule has 1 aliphatic rings. The van der Waals surface area contributed by atoms with Gasteiger partial charge in [0.2, 0.25) is 0 Å². The second-order valence-electron chi connectivity index (χ2n) is 9.79. The fourth-order valence-corrected chi connectivity index (χ4v) is 4.86. The molecule has 13 heteroatoms. The quantitative estimate of drug-likeness (QED) is 0.247. The van der Waals surface area contributed by atoms with Crippen molar-refractivity contribution in [2.45, 2.75) is 25.6 Å². The zero-order chi connectivity index (χ0) is 31.8. The Bertz CT molecular complexity index is 1610. The van der Waals surface area contributed by atoms with Crippen LogP contribution in [0.2, 0.25) is 0 Å². The molecule has 1 unspecified atom stereocenters. The number of hydrogen-bond donors (Lipinski definition) is 2. The van der Waals surface area contributed by atoms with E-state index in [2.05, 4.69) is 10.3 Å². The number of carbonyl (C=O) groups is 2. The summed E-state index contributed by atoms with van der Waals surface area (Å²) in [6, 6.07) is 14.7. The van der Waals surface area contributed by atoms with Crippen LogP contribution in [0.4, 0.5) is 32.0 Å². The number of ether oxygens (including phenoxy) is 1. The first kappa shape index (κ1) is 32.3. The first-order valence-corrected chi connectivity index (χ1v) is 13.4. The molecule has 0 radical (unpaired) electrons. The number of carboxylic acids is 1. The van der Waals surface area contributed by atoms with E-state index >= 15 is 0 Å². The molecule has 1 saturated heterocycles. The average molecular weight is 620 g/mol. The minimum Gasteiger partial charge on any atom is -0.480 e. The summed E-state index contributed by atoms with van der Waals surface area (Å²) in [6.45, 7) is -1.91. The molecule has 1 fully saturated rings. The number of anilines is 1. The Hall–Kier alpha value is -4.65. The van der Waals surface area contributed by atoms with Gasteiger partial charge in [-0.1, -0.05) is 48.5 Å². The van der Waals surface area contributed by atoms with Gasteiger partial charge in [0.15, 0.2) is 0 Å². The fourth-order valence-electron chi connectivity index (χ4n) is 4.86. The van der Waals surface area contributed by atoms with E-state index < -0.39 is 47.6 Å². The lowest BCUT2D eigenvalue weighted by atomic mass is 9.99. The van der Waals surface area contributed by atoms with Crippen LogP contribution in [0, 0.1) is 17.5 Å². The monoisotopic (exact) mass is 619 g/mol. The highest BCUT2D eigenvalue weighted by molar-refractivity contribution is 5.97. The van der Waals surface area contributed by atoms with E-state index in [0.717, 1.165) is 17.7 Å². The minimum atomic E-state index is -3.67. The maximum atomic E-state index is 14.9. The largest absolute Gasteiger partial charge is 0.480 e. The van der Waals surface area contributed by atoms with Gasteiger partial charge in [0.25, 0.3) is 5.91 Å². The van der Waals surface area contributed by atoms with E-state index in [-0.39, 0.29) is 12.1 Å². The van der Waals surface area contributed by atoms with Crippen molar-refractivity contribution in [1.29, 1.82) is 0 Å². The number of carboxylic acid groups (broad SMARTS) is 1. The predicted octanol–water partition coefficient (Wildman–Crippen LogP) is 5.68. The predicted molar refractivity (Wildman–Crippen MR) is 150 cm³/mol. The van der Waals surface area contributed by atoms with E-state index in [1.807, 2.05) is 6.07 Å². The highest BCUT2D eigenvalue weighted by Crippen LogP contribution is 2.24. The third-order valence-electron chi connectivity index (χ3n) is 6.87. The number of pyridine rings is 1. The molecule has 0 bridgehead atoms. The summed E-state index contributed by atoms with van der Waals surface area (Å²) in [5, 5.41) is 13.1. The number of fused-ring (bicyclic) bond motifs is 1. The van der Waals surface area contributed by atoms with Crippen LogP contribution in [-0.2, 0) is 22.4 Å². The van der Waals surface area contributed by atoms with Crippen LogP contribution in [0.15, 0.2) is 66.9 Å². The number of rotatable bonds is 8. The molecule has 1 amide bonds. The third-order valence-corrected chi connectivity index (χ3v) is 6.87. The van der Waals surface area contributed by atoms with Gasteiger partial charge in [-0.15, -0.1) is 0 Å². The van der Waals surface area contributed by atoms with Crippen molar-refractivity contribution >= 4 is 28.3 Å². The molecule has 2 heterocycles. The van der Waals surface area contributed by atoms with Crippen LogP contribution >= 0.6 is 0 Å². The van der Waals surface area contributed by atoms with Crippen molar-refractivity contribution in [2.75, 3.05) is 31.2 Å². The van der Waals surface area contributed by atoms with Gasteiger partial charge in [0.1, 0.15) is 29.1 Å². The molecule has 0 saturated carbocycles. The number of hydrogen-bond acceptors (Lipinski definition) is 5. The van der Waals surface area contributed by atoms with Crippen LogP contribution in [0.3, 0.4) is 0 Å². The summed E-state index contributed by atoms with van der Waals surface area (Å²) in [5.74, 6) is -5.09. The molecule has 7 nitrogen and oxygen atoms in total. The molecule has 1 aromatic heterocycles. The third kappa shape index (κ3) is 8.25. The lowest BCUT2D eigenvalue weighted by Crippen LogP contribution is -2.43. The highest BCUT2D eigenvalue weighted by atomic mass is 19.4. The number of nitrogens with zero attached hydrogens (tertiary/aromatic N) is 2. The highest BCUT2D eigenvalue weighted by Gasteiger charge is 2.26. The normalized spacial score (nSPS) is 13.8. The molecule has 2 N–H and O–H groups in total. The van der Waals surface area contributed by atoms with Crippen molar-refractivity contribution in [2.24, 2.45) is 0 Å². The molecule has 3 aromatic carbocycles. The van der Waals surface area contributed by atoms with Gasteiger partial charge < -0.3 is 20.1 Å². The lowest BCUT2D eigenvalue weighted by molar-refractivity contribution is -0.139. The van der Waals surface area contributed by atoms with Gasteiger partial charge in [0.05, 0.1) is 25.1 Å². The molecule has 1 aliphatic heterocycles. The summed E-state index contributed by atoms with van der Waals surface area (Å²) in [6.07, 6.45) is 1.41. The lowest BCUT2D eigenvalue weighted by Gasteiger charge is -2.29. The van der Waals surface area contributed by atoms with Crippen molar-refractivity contribution in [3.8, 4) is 0 Å². The zero-order valence-corrected chi connectivity index (χ0v) is 23.1. The van der Waals surface area contributed by atoms with Crippen LogP contribution < -0.4 is 10.2 Å². The smallest absolute Gasteiger partial charge is 0.379 e. The van der Waals surface area contributed by atoms with Gasteiger partial charge >= 0.3 is 12.6 Å². The van der Waals surface area contributed by atoms with E-state index in [0.29, 0.717) is 54.8 Å². The Labute approximate surface area is 248 Å². The standard InChI is InChI=1S/C30H26F3N3O4.CHF3/c31-23-15-20(36-8-10-40-11-9-36)16-24(32)28(23)29(37)35-27(30(38)39)14-19-5-3-4-18(12-19)13-26-22-7-2-1-6-21(22)25(33)17-34-26;2-1(3)4/h1-7,12,15-17,27H,8-11,13-14H2,(H,35,37)(H,38,39);1H. The Morgan fingerprint density at radius 3 is 2.14 bits per heavy atom. The van der Waals surface area contributed by atoms with Gasteiger partial charge in [0, 0.05) is 42.4 Å². The number of carbonyl (C=O) groups excluding carboxylic acids is 1. The topological polar surface area (TPSA) is 91.8 Å². The zero-order valence-electron chi connectivity index (χ0n) is 23.1. The molecule has 0 aliphatic carbocycles. The second kappa shape index (κ2) is 14.7. The number of amides is 1. The molecular formula is C31H27F6N3O4. The summed E-state index contributed by atoms with van der Waals surface area (Å²) in [7, 11) is 0. The van der Waals surface area contributed by atoms with E-state index in [1.165, 1.54) is 6.20 Å². The molecule has 44 heavy (non-hydrogen) atoms. The summed E-state index contributed by atoms with van der Waals surface area (Å²) >= 11 is 0. The first-order valence-electron chi connectivity index (χ1n) is 13.4. The molecular weight excluding hydrogens is 592 g/mol. The summed E-state index contributed by atoms with van der Waals surface area (Å²) in [5.41, 5.74) is 1.48. The van der Waals surface area contributed by atoms with Crippen molar-refractivity contribution in [3.63, 3.8) is 0 Å². The maximum absolute atomic E-state index is 14.9. The number of alkyl halides is 3. The van der Waals surface area contributed by atoms with Crippen LogP contribution in [0.1, 0.15) is 27.2 Å². The van der Waals surface area contributed by atoms with E-state index in [1.54, 1.807) is 47.4 Å². The Balaban J connectivity index is 0.00000104. The van der Waals surface area contributed by atoms with Gasteiger partial charge in [-0.3, -0.25) is 9.78 Å². The average Bonchev–Trinajstić information content (AvgIpc) is 2.98. The van der Waals surface area contributed by atoms with E-state index in [4.69, 9.17) is 4.74 Å². The van der Waals surface area contributed by atoms with Crippen molar-refractivity contribution in [1.82, 2.24) is 10.3 Å². The molecule has 232 valence electrons. The molecule has 1 atom stereocenters. The number of halogens is 6. The van der Waals surface area contributed by atoms with Gasteiger partial charge in [-0.2, -0.15) is 13.2 Å². The van der Waals surface area contributed by atoms with Crippen molar-refractivity contribution in [3.05, 3.63) is 107 Å². The first-order chi connectivity index (χ1) is 21.0. The number of morpholine rings is 1. The number of nitrogens with one attached hydrogen (secondary N) is 1. The SMILES string of the molecule is FC(F)F.O=C(NC(Cc1cccc(Cc2ncc(F)c3ccccc23)c1)C(=O)O)c1c(F)cc(N2CCOCC2)cc1F. The van der Waals surface area contributed by atoms with Crippen LogP contribution in [-0.4, -0.2) is 61.0 Å². The van der Waals surface area contributed by atoms with Gasteiger partial charge in [-0.25, -0.2) is 18.0 Å². The number of aliphatic carboxylic acids is 1. The van der Waals surface area contributed by atoms with Crippen LogP contribution in [0.25, 0.3) is 10.8 Å².